The Balaban J connectivity index is 2.57. The maximum atomic E-state index is 11.9. The van der Waals surface area contributed by atoms with Gasteiger partial charge in [-0.25, -0.2) is 4.98 Å². The Kier molecular flexibility index (Phi) is 2.40. The molecule has 0 fully saturated rings. The van der Waals surface area contributed by atoms with Gasteiger partial charge in [-0.15, -0.1) is 0 Å². The van der Waals surface area contributed by atoms with Crippen molar-refractivity contribution < 1.29 is 0 Å². The van der Waals surface area contributed by atoms with Crippen LogP contribution in [0.1, 0.15) is 19.8 Å². The molecule has 6 nitrogen and oxygen atoms in total. The SMILES string of the molecule is CCCCn1c(N)nc2[nH]cnc2c1=O. The van der Waals surface area contributed by atoms with Gasteiger partial charge in [0.05, 0.1) is 6.33 Å². The third-order valence-corrected chi connectivity index (χ3v) is 2.31. The summed E-state index contributed by atoms with van der Waals surface area (Å²) in [6.07, 6.45) is 3.36. The first kappa shape index (κ1) is 9.70. The summed E-state index contributed by atoms with van der Waals surface area (Å²) in [6, 6.07) is 0. The summed E-state index contributed by atoms with van der Waals surface area (Å²) in [6.45, 7) is 2.65. The van der Waals surface area contributed by atoms with Gasteiger partial charge in [-0.3, -0.25) is 9.36 Å². The number of nitrogens with two attached hydrogens (primary N) is 1. The van der Waals surface area contributed by atoms with Crippen LogP contribution in [-0.4, -0.2) is 19.5 Å². The third-order valence-electron chi connectivity index (χ3n) is 2.31. The Morgan fingerprint density at radius 2 is 2.40 bits per heavy atom. The van der Waals surface area contributed by atoms with Crippen LogP contribution in [0.3, 0.4) is 0 Å². The van der Waals surface area contributed by atoms with E-state index in [9.17, 15) is 4.79 Å². The highest BCUT2D eigenvalue weighted by Gasteiger charge is 2.09. The van der Waals surface area contributed by atoms with E-state index in [0.29, 0.717) is 17.7 Å². The molecular weight excluding hydrogens is 194 g/mol. The second-order valence-corrected chi connectivity index (χ2v) is 3.38. The fraction of sp³-hybridized carbons (Fsp3) is 0.444. The van der Waals surface area contributed by atoms with Crippen molar-refractivity contribution >= 4 is 17.1 Å². The minimum absolute atomic E-state index is 0.174. The number of hydrogen-bond donors (Lipinski definition) is 2. The number of unbranched alkanes of at least 4 members (excludes halogenated alkanes) is 1. The molecule has 6 heteroatoms. The largest absolute Gasteiger partial charge is 0.369 e. The number of nitrogens with zero attached hydrogens (tertiary/aromatic N) is 3. The van der Waals surface area contributed by atoms with E-state index in [-0.39, 0.29) is 11.5 Å². The standard InChI is InChI=1S/C9H13N5O/c1-2-3-4-14-8(15)6-7(12-5-11-6)13-9(14)10/h5H,2-4H2,1H3,(H2,10,13)(H,11,12). The number of nitrogens with one attached hydrogen (secondary N) is 1. The van der Waals surface area contributed by atoms with Gasteiger partial charge in [-0.2, -0.15) is 4.98 Å². The molecule has 0 atom stereocenters. The molecule has 0 saturated heterocycles. The summed E-state index contributed by atoms with van der Waals surface area (Å²) in [7, 11) is 0. The first-order chi connectivity index (χ1) is 7.24. The van der Waals surface area contributed by atoms with Crippen molar-refractivity contribution in [2.75, 3.05) is 5.73 Å². The molecule has 2 aromatic heterocycles. The van der Waals surface area contributed by atoms with Crippen molar-refractivity contribution in [1.82, 2.24) is 19.5 Å². The maximum absolute atomic E-state index is 11.9. The molecule has 0 aliphatic rings. The molecule has 0 unspecified atom stereocenters. The summed E-state index contributed by atoms with van der Waals surface area (Å²) in [5, 5.41) is 0. The van der Waals surface area contributed by atoms with E-state index in [1.165, 1.54) is 10.9 Å². The van der Waals surface area contributed by atoms with Crippen LogP contribution in [0.5, 0.6) is 0 Å². The molecule has 0 aliphatic heterocycles. The molecule has 0 aliphatic carbocycles. The highest BCUT2D eigenvalue weighted by molar-refractivity contribution is 5.69. The van der Waals surface area contributed by atoms with Crippen LogP contribution in [0, 0.1) is 0 Å². The van der Waals surface area contributed by atoms with Gasteiger partial charge >= 0.3 is 0 Å². The zero-order chi connectivity index (χ0) is 10.8. The summed E-state index contributed by atoms with van der Waals surface area (Å²) in [5.74, 6) is 0.241. The van der Waals surface area contributed by atoms with E-state index in [1.54, 1.807) is 0 Å². The van der Waals surface area contributed by atoms with Gasteiger partial charge in [0.25, 0.3) is 5.56 Å². The van der Waals surface area contributed by atoms with Crippen LogP contribution in [-0.2, 0) is 6.54 Å². The Labute approximate surface area is 86.2 Å². The molecule has 2 aromatic rings. The number of rotatable bonds is 3. The molecule has 15 heavy (non-hydrogen) atoms. The molecule has 0 saturated carbocycles. The van der Waals surface area contributed by atoms with Gasteiger partial charge < -0.3 is 10.7 Å². The zero-order valence-electron chi connectivity index (χ0n) is 8.53. The van der Waals surface area contributed by atoms with Crippen LogP contribution in [0.15, 0.2) is 11.1 Å². The molecular formula is C9H13N5O. The minimum Gasteiger partial charge on any atom is -0.369 e. The number of nitrogen functional groups attached to an aromatic ring is 1. The van der Waals surface area contributed by atoms with Crippen molar-refractivity contribution in [3.63, 3.8) is 0 Å². The van der Waals surface area contributed by atoms with E-state index in [0.717, 1.165) is 12.8 Å². The second-order valence-electron chi connectivity index (χ2n) is 3.38. The summed E-state index contributed by atoms with van der Waals surface area (Å²) >= 11 is 0. The highest BCUT2D eigenvalue weighted by atomic mass is 16.1. The third kappa shape index (κ3) is 1.58. The normalized spacial score (nSPS) is 11.0. The fourth-order valence-corrected chi connectivity index (χ4v) is 1.47. The lowest BCUT2D eigenvalue weighted by molar-refractivity contribution is 0.617. The van der Waals surface area contributed by atoms with E-state index < -0.39 is 0 Å². The molecule has 0 radical (unpaired) electrons. The Hall–Kier alpha value is -1.85. The van der Waals surface area contributed by atoms with Crippen molar-refractivity contribution in [2.45, 2.75) is 26.3 Å². The average molecular weight is 207 g/mol. The molecule has 0 spiro atoms. The number of fused-ring (bicyclic) bond motifs is 1. The summed E-state index contributed by atoms with van der Waals surface area (Å²) in [4.78, 5) is 22.6. The lowest BCUT2D eigenvalue weighted by Crippen LogP contribution is -2.24. The number of imidazole rings is 1. The Morgan fingerprint density at radius 1 is 1.60 bits per heavy atom. The zero-order valence-corrected chi connectivity index (χ0v) is 8.53. The summed E-state index contributed by atoms with van der Waals surface area (Å²) in [5.41, 5.74) is 6.31. The minimum atomic E-state index is -0.174. The Bertz CT molecular complexity index is 527. The molecule has 80 valence electrons. The van der Waals surface area contributed by atoms with Gasteiger partial charge in [0.1, 0.15) is 0 Å². The fourth-order valence-electron chi connectivity index (χ4n) is 1.47. The monoisotopic (exact) mass is 207 g/mol. The van der Waals surface area contributed by atoms with Crippen LogP contribution in [0.4, 0.5) is 5.95 Å². The van der Waals surface area contributed by atoms with Crippen molar-refractivity contribution in [3.05, 3.63) is 16.7 Å². The van der Waals surface area contributed by atoms with Crippen molar-refractivity contribution in [2.24, 2.45) is 0 Å². The van der Waals surface area contributed by atoms with E-state index in [4.69, 9.17) is 5.73 Å². The molecule has 2 heterocycles. The first-order valence-electron chi connectivity index (χ1n) is 4.93. The van der Waals surface area contributed by atoms with Crippen LogP contribution < -0.4 is 11.3 Å². The van der Waals surface area contributed by atoms with E-state index in [2.05, 4.69) is 21.9 Å². The predicted octanol–water partition coefficient (Wildman–Crippen LogP) is 0.502. The van der Waals surface area contributed by atoms with Crippen LogP contribution in [0.2, 0.25) is 0 Å². The summed E-state index contributed by atoms with van der Waals surface area (Å²) < 4.78 is 1.46. The molecule has 0 bridgehead atoms. The predicted molar refractivity (Wildman–Crippen MR) is 57.5 cm³/mol. The van der Waals surface area contributed by atoms with E-state index >= 15 is 0 Å². The van der Waals surface area contributed by atoms with Crippen LogP contribution >= 0.6 is 0 Å². The first-order valence-corrected chi connectivity index (χ1v) is 4.93. The number of aromatic amines is 1. The lowest BCUT2D eigenvalue weighted by atomic mass is 10.3. The van der Waals surface area contributed by atoms with Gasteiger partial charge in [-0.05, 0) is 6.42 Å². The second kappa shape index (κ2) is 3.72. The van der Waals surface area contributed by atoms with Gasteiger partial charge in [0.15, 0.2) is 11.2 Å². The topological polar surface area (TPSA) is 89.6 Å². The molecule has 2 rings (SSSR count). The Morgan fingerprint density at radius 3 is 3.13 bits per heavy atom. The average Bonchev–Trinajstić information content (AvgIpc) is 2.65. The number of aromatic nitrogens is 4. The molecule has 0 aromatic carbocycles. The van der Waals surface area contributed by atoms with Gasteiger partial charge in [0.2, 0.25) is 5.95 Å². The quantitative estimate of drug-likeness (QED) is 0.767. The maximum Gasteiger partial charge on any atom is 0.283 e. The lowest BCUT2D eigenvalue weighted by Gasteiger charge is -2.06. The van der Waals surface area contributed by atoms with Crippen molar-refractivity contribution in [1.29, 1.82) is 0 Å². The smallest absolute Gasteiger partial charge is 0.283 e. The highest BCUT2D eigenvalue weighted by Crippen LogP contribution is 2.05. The van der Waals surface area contributed by atoms with Gasteiger partial charge in [0, 0.05) is 6.54 Å². The van der Waals surface area contributed by atoms with Gasteiger partial charge in [-0.1, -0.05) is 13.3 Å². The molecule has 0 amide bonds. The number of hydrogen-bond acceptors (Lipinski definition) is 4. The van der Waals surface area contributed by atoms with E-state index in [1.807, 2.05) is 0 Å². The number of H-pyrrole nitrogens is 1. The molecule has 3 N–H and O–H groups in total. The van der Waals surface area contributed by atoms with Crippen molar-refractivity contribution in [3.8, 4) is 0 Å². The number of anilines is 1. The van der Waals surface area contributed by atoms with Crippen LogP contribution in [0.25, 0.3) is 11.2 Å².